The normalized spacial score (nSPS) is 16.7. The quantitative estimate of drug-likeness (QED) is 0.807. The number of carbonyl (C=O) groups excluding carboxylic acids is 1. The Labute approximate surface area is 170 Å². The first-order valence-electron chi connectivity index (χ1n) is 9.75. The molecular formula is C21H24N2O5S. The van der Waals surface area contributed by atoms with Crippen LogP contribution in [0.4, 0.5) is 5.69 Å². The smallest absolute Gasteiger partial charge is 0.255 e. The molecule has 8 heteroatoms. The van der Waals surface area contributed by atoms with Crippen molar-refractivity contribution >= 4 is 21.4 Å². The van der Waals surface area contributed by atoms with Crippen LogP contribution in [0.5, 0.6) is 11.5 Å². The second-order valence-corrected chi connectivity index (χ2v) is 9.45. The number of benzene rings is 2. The minimum atomic E-state index is -3.18. The maximum Gasteiger partial charge on any atom is 0.255 e. The Hall–Kier alpha value is -2.74. The summed E-state index contributed by atoms with van der Waals surface area (Å²) in [4.78, 5) is 15.2. The first kappa shape index (κ1) is 19.6. The highest BCUT2D eigenvalue weighted by Crippen LogP contribution is 2.35. The van der Waals surface area contributed by atoms with Crippen LogP contribution in [-0.4, -0.2) is 46.0 Å². The Balaban J connectivity index is 1.35. The van der Waals surface area contributed by atoms with Gasteiger partial charge in [-0.1, -0.05) is 13.0 Å². The third-order valence-electron chi connectivity index (χ3n) is 5.41. The van der Waals surface area contributed by atoms with Gasteiger partial charge in [0, 0.05) is 24.8 Å². The van der Waals surface area contributed by atoms with E-state index in [1.807, 2.05) is 12.1 Å². The largest absolute Gasteiger partial charge is 0.454 e. The van der Waals surface area contributed by atoms with Crippen molar-refractivity contribution in [3.8, 4) is 11.5 Å². The highest BCUT2D eigenvalue weighted by Gasteiger charge is 2.26. The number of carbonyl (C=O) groups is 1. The van der Waals surface area contributed by atoms with Crippen LogP contribution >= 0.6 is 0 Å². The zero-order valence-corrected chi connectivity index (χ0v) is 17.1. The molecular weight excluding hydrogens is 392 g/mol. The lowest BCUT2D eigenvalue weighted by atomic mass is 10.0. The molecule has 2 aliphatic heterocycles. The number of hydrogen-bond donors (Lipinski definition) is 1. The number of nitrogens with zero attached hydrogens (tertiary/aromatic N) is 1. The van der Waals surface area contributed by atoms with Gasteiger partial charge in [0.2, 0.25) is 6.79 Å². The summed E-state index contributed by atoms with van der Waals surface area (Å²) in [6.07, 6.45) is 1.63. The average Bonchev–Trinajstić information content (AvgIpc) is 3.23. The van der Waals surface area contributed by atoms with Gasteiger partial charge in [0.1, 0.15) is 0 Å². The highest BCUT2D eigenvalue weighted by atomic mass is 32.2. The van der Waals surface area contributed by atoms with E-state index in [-0.39, 0.29) is 24.5 Å². The summed E-state index contributed by atoms with van der Waals surface area (Å²) in [6, 6.07) is 12.4. The van der Waals surface area contributed by atoms with E-state index in [9.17, 15) is 13.2 Å². The molecule has 0 saturated carbocycles. The van der Waals surface area contributed by atoms with Gasteiger partial charge in [-0.2, -0.15) is 0 Å². The number of sulfone groups is 1. The number of para-hydroxylation sites is 1. The second kappa shape index (κ2) is 7.94. The third kappa shape index (κ3) is 4.03. The van der Waals surface area contributed by atoms with Gasteiger partial charge in [0.05, 0.1) is 16.2 Å². The number of ether oxygens (including phenoxy) is 2. The third-order valence-corrected chi connectivity index (χ3v) is 7.16. The summed E-state index contributed by atoms with van der Waals surface area (Å²) in [6.45, 7) is 3.36. The van der Waals surface area contributed by atoms with E-state index in [1.54, 1.807) is 37.3 Å². The van der Waals surface area contributed by atoms with Crippen LogP contribution in [0.3, 0.4) is 0 Å². The summed E-state index contributed by atoms with van der Waals surface area (Å²) in [7, 11) is -3.18. The zero-order chi connectivity index (χ0) is 20.4. The van der Waals surface area contributed by atoms with Crippen molar-refractivity contribution in [1.29, 1.82) is 0 Å². The lowest BCUT2D eigenvalue weighted by molar-refractivity contribution is 0.0926. The molecule has 0 unspecified atom stereocenters. The number of piperidine rings is 1. The van der Waals surface area contributed by atoms with Crippen molar-refractivity contribution in [2.75, 3.05) is 30.5 Å². The lowest BCUT2D eigenvalue weighted by Crippen LogP contribution is -2.44. The molecule has 2 aromatic carbocycles. The molecule has 2 aromatic rings. The molecule has 29 heavy (non-hydrogen) atoms. The van der Waals surface area contributed by atoms with Crippen molar-refractivity contribution < 1.29 is 22.7 Å². The van der Waals surface area contributed by atoms with Crippen molar-refractivity contribution in [1.82, 2.24) is 5.32 Å². The van der Waals surface area contributed by atoms with E-state index in [4.69, 9.17) is 9.47 Å². The molecule has 0 radical (unpaired) electrons. The van der Waals surface area contributed by atoms with E-state index < -0.39 is 9.84 Å². The fourth-order valence-electron chi connectivity index (χ4n) is 3.69. The van der Waals surface area contributed by atoms with Crippen LogP contribution in [0.1, 0.15) is 30.1 Å². The molecule has 1 saturated heterocycles. The van der Waals surface area contributed by atoms with Crippen molar-refractivity contribution in [2.45, 2.75) is 30.7 Å². The van der Waals surface area contributed by atoms with Gasteiger partial charge in [-0.3, -0.25) is 4.79 Å². The maximum atomic E-state index is 12.7. The number of fused-ring (bicyclic) bond motifs is 1. The number of amides is 1. The van der Waals surface area contributed by atoms with E-state index >= 15 is 0 Å². The number of rotatable bonds is 5. The average molecular weight is 416 g/mol. The zero-order valence-electron chi connectivity index (χ0n) is 16.3. The Morgan fingerprint density at radius 3 is 2.52 bits per heavy atom. The first-order chi connectivity index (χ1) is 14.0. The fourth-order valence-corrected chi connectivity index (χ4v) is 4.57. The lowest BCUT2D eigenvalue weighted by Gasteiger charge is -2.34. The monoisotopic (exact) mass is 416 g/mol. The summed E-state index contributed by atoms with van der Waals surface area (Å²) in [5, 5.41) is 3.09. The minimum Gasteiger partial charge on any atom is -0.454 e. The highest BCUT2D eigenvalue weighted by molar-refractivity contribution is 7.91. The molecule has 0 aromatic heterocycles. The van der Waals surface area contributed by atoms with Crippen molar-refractivity contribution in [2.24, 2.45) is 0 Å². The minimum absolute atomic E-state index is 0.0802. The van der Waals surface area contributed by atoms with E-state index in [0.717, 1.165) is 31.6 Å². The summed E-state index contributed by atoms with van der Waals surface area (Å²) < 4.78 is 34.7. The SMILES string of the molecule is CCS(=O)(=O)c1ccc(N2CCC(NC(=O)c3cccc4c3OCO4)CC2)cc1. The Bertz CT molecular complexity index is 996. The molecule has 7 nitrogen and oxygen atoms in total. The molecule has 0 bridgehead atoms. The van der Waals surface area contributed by atoms with Gasteiger partial charge >= 0.3 is 0 Å². The summed E-state index contributed by atoms with van der Waals surface area (Å²) in [5.74, 6) is 1.05. The number of hydrogen-bond acceptors (Lipinski definition) is 6. The molecule has 1 amide bonds. The van der Waals surface area contributed by atoms with Gasteiger partial charge in [-0.25, -0.2) is 8.42 Å². The topological polar surface area (TPSA) is 84.9 Å². The number of nitrogens with one attached hydrogen (secondary N) is 1. The van der Waals surface area contributed by atoms with Gasteiger partial charge < -0.3 is 19.7 Å². The maximum absolute atomic E-state index is 12.7. The predicted octanol–water partition coefficient (Wildman–Crippen LogP) is 2.61. The van der Waals surface area contributed by atoms with Crippen LogP contribution in [0.2, 0.25) is 0 Å². The first-order valence-corrected chi connectivity index (χ1v) is 11.4. The summed E-state index contributed by atoms with van der Waals surface area (Å²) >= 11 is 0. The molecule has 154 valence electrons. The standard InChI is InChI=1S/C21H24N2O5S/c1-2-29(25,26)17-8-6-16(7-9-17)23-12-10-15(11-13-23)22-21(24)18-4-3-5-19-20(18)28-14-27-19/h3-9,15H,2,10-14H2,1H3,(H,22,24). The fraction of sp³-hybridized carbons (Fsp3) is 0.381. The van der Waals surface area contributed by atoms with Crippen molar-refractivity contribution in [3.63, 3.8) is 0 Å². The molecule has 1 fully saturated rings. The Kier molecular flexibility index (Phi) is 5.36. The molecule has 0 atom stereocenters. The van der Waals surface area contributed by atoms with Gasteiger partial charge in [-0.15, -0.1) is 0 Å². The van der Waals surface area contributed by atoms with Crippen LogP contribution in [0.15, 0.2) is 47.4 Å². The molecule has 0 spiro atoms. The molecule has 4 rings (SSSR count). The van der Waals surface area contributed by atoms with E-state index in [2.05, 4.69) is 10.2 Å². The van der Waals surface area contributed by atoms with Gasteiger partial charge in [0.25, 0.3) is 5.91 Å². The summed E-state index contributed by atoms with van der Waals surface area (Å²) in [5.41, 5.74) is 1.49. The second-order valence-electron chi connectivity index (χ2n) is 7.17. The molecule has 2 heterocycles. The van der Waals surface area contributed by atoms with Crippen LogP contribution in [0.25, 0.3) is 0 Å². The van der Waals surface area contributed by atoms with Gasteiger partial charge in [0.15, 0.2) is 21.3 Å². The molecule has 0 aliphatic carbocycles. The van der Waals surface area contributed by atoms with Crippen LogP contribution < -0.4 is 19.7 Å². The van der Waals surface area contributed by atoms with Crippen LogP contribution in [0, 0.1) is 0 Å². The Morgan fingerprint density at radius 2 is 1.83 bits per heavy atom. The van der Waals surface area contributed by atoms with Crippen LogP contribution in [-0.2, 0) is 9.84 Å². The number of anilines is 1. The molecule has 2 aliphatic rings. The predicted molar refractivity (Wildman–Crippen MR) is 109 cm³/mol. The van der Waals surface area contributed by atoms with Gasteiger partial charge in [-0.05, 0) is 49.2 Å². The molecule has 1 N–H and O–H groups in total. The Morgan fingerprint density at radius 1 is 1.10 bits per heavy atom. The van der Waals surface area contributed by atoms with E-state index in [1.165, 1.54) is 0 Å². The van der Waals surface area contributed by atoms with Crippen molar-refractivity contribution in [3.05, 3.63) is 48.0 Å². The van der Waals surface area contributed by atoms with E-state index in [0.29, 0.717) is 22.0 Å².